The first-order valence-corrected chi connectivity index (χ1v) is 5.58. The molecule has 4 heteroatoms. The molecule has 1 aromatic carbocycles. The van der Waals surface area contributed by atoms with Crippen LogP contribution in [-0.2, 0) is 0 Å². The summed E-state index contributed by atoms with van der Waals surface area (Å²) in [6.45, 7) is 2.51. The molecular formula is C10H12BrClFN. The van der Waals surface area contributed by atoms with Crippen LogP contribution in [0.4, 0.5) is 4.39 Å². The van der Waals surface area contributed by atoms with Crippen molar-refractivity contribution in [3.05, 3.63) is 33.0 Å². The highest BCUT2D eigenvalue weighted by molar-refractivity contribution is 9.10. The van der Waals surface area contributed by atoms with Crippen LogP contribution in [0, 0.1) is 5.82 Å². The Morgan fingerprint density at radius 3 is 2.79 bits per heavy atom. The predicted octanol–water partition coefficient (Wildman–Crippen LogP) is 3.69. The lowest BCUT2D eigenvalue weighted by Gasteiger charge is -2.12. The van der Waals surface area contributed by atoms with Gasteiger partial charge in [0.1, 0.15) is 5.82 Å². The molecule has 14 heavy (non-hydrogen) atoms. The van der Waals surface area contributed by atoms with Crippen molar-refractivity contribution in [1.82, 2.24) is 0 Å². The van der Waals surface area contributed by atoms with E-state index in [0.717, 1.165) is 10.9 Å². The van der Waals surface area contributed by atoms with Crippen LogP contribution < -0.4 is 5.73 Å². The Hall–Kier alpha value is -0.120. The molecule has 78 valence electrons. The van der Waals surface area contributed by atoms with E-state index in [-0.39, 0.29) is 11.7 Å². The van der Waals surface area contributed by atoms with Crippen LogP contribution in [-0.4, -0.2) is 6.54 Å². The number of rotatable bonds is 3. The van der Waals surface area contributed by atoms with E-state index < -0.39 is 0 Å². The molecule has 2 N–H and O–H groups in total. The number of hydrogen-bond donors (Lipinski definition) is 1. The molecule has 0 bridgehead atoms. The SMILES string of the molecule is CC(CCN)c1cc(Br)c(Cl)cc1F. The Labute approximate surface area is 96.6 Å². The zero-order chi connectivity index (χ0) is 10.7. The first-order chi connectivity index (χ1) is 6.56. The summed E-state index contributed by atoms with van der Waals surface area (Å²) in [5.74, 6) is -0.146. The van der Waals surface area contributed by atoms with Crippen LogP contribution in [0.5, 0.6) is 0 Å². The van der Waals surface area contributed by atoms with Gasteiger partial charge in [0.2, 0.25) is 0 Å². The first kappa shape index (κ1) is 12.0. The third-order valence-corrected chi connectivity index (χ3v) is 3.37. The van der Waals surface area contributed by atoms with Gasteiger partial charge in [-0.25, -0.2) is 4.39 Å². The maximum atomic E-state index is 13.5. The molecule has 1 rings (SSSR count). The van der Waals surface area contributed by atoms with Gasteiger partial charge in [-0.3, -0.25) is 0 Å². The van der Waals surface area contributed by atoms with Crippen molar-refractivity contribution in [2.45, 2.75) is 19.3 Å². The number of halogens is 3. The molecular weight excluding hydrogens is 268 g/mol. The molecule has 0 fully saturated rings. The standard InChI is InChI=1S/C10H12BrClFN/c1-6(2-3-14)7-4-8(11)9(12)5-10(7)13/h4-6H,2-3,14H2,1H3. The lowest BCUT2D eigenvalue weighted by Crippen LogP contribution is -2.06. The summed E-state index contributed by atoms with van der Waals surface area (Å²) in [5.41, 5.74) is 6.08. The Kier molecular flexibility index (Phi) is 4.35. The molecule has 0 radical (unpaired) electrons. The van der Waals surface area contributed by atoms with Crippen LogP contribution in [0.1, 0.15) is 24.8 Å². The fourth-order valence-corrected chi connectivity index (χ4v) is 1.83. The first-order valence-electron chi connectivity index (χ1n) is 4.40. The molecule has 0 aromatic heterocycles. The zero-order valence-corrected chi connectivity index (χ0v) is 10.2. The van der Waals surface area contributed by atoms with Gasteiger partial charge in [0, 0.05) is 4.47 Å². The molecule has 0 heterocycles. The van der Waals surface area contributed by atoms with Crippen LogP contribution in [0.2, 0.25) is 5.02 Å². The van der Waals surface area contributed by atoms with E-state index in [2.05, 4.69) is 15.9 Å². The summed E-state index contributed by atoms with van der Waals surface area (Å²) < 4.78 is 14.2. The van der Waals surface area contributed by atoms with Gasteiger partial charge >= 0.3 is 0 Å². The molecule has 1 aromatic rings. The molecule has 1 unspecified atom stereocenters. The van der Waals surface area contributed by atoms with Gasteiger partial charge in [-0.2, -0.15) is 0 Å². The molecule has 0 amide bonds. The fourth-order valence-electron chi connectivity index (χ4n) is 1.32. The maximum absolute atomic E-state index is 13.5. The van der Waals surface area contributed by atoms with Crippen molar-refractivity contribution >= 4 is 27.5 Å². The zero-order valence-electron chi connectivity index (χ0n) is 7.86. The normalized spacial score (nSPS) is 12.9. The van der Waals surface area contributed by atoms with Gasteiger partial charge in [0.05, 0.1) is 5.02 Å². The average molecular weight is 281 g/mol. The Morgan fingerprint density at radius 1 is 1.57 bits per heavy atom. The van der Waals surface area contributed by atoms with Crippen molar-refractivity contribution in [3.63, 3.8) is 0 Å². The summed E-state index contributed by atoms with van der Waals surface area (Å²) in [7, 11) is 0. The van der Waals surface area contributed by atoms with Crippen LogP contribution >= 0.6 is 27.5 Å². The van der Waals surface area contributed by atoms with Crippen molar-refractivity contribution in [2.24, 2.45) is 5.73 Å². The molecule has 1 atom stereocenters. The molecule has 0 saturated carbocycles. The van der Waals surface area contributed by atoms with Crippen molar-refractivity contribution in [3.8, 4) is 0 Å². The molecule has 0 aliphatic heterocycles. The Morgan fingerprint density at radius 2 is 2.21 bits per heavy atom. The van der Waals surface area contributed by atoms with E-state index in [1.54, 1.807) is 6.07 Å². The maximum Gasteiger partial charge on any atom is 0.128 e. The highest BCUT2D eigenvalue weighted by atomic mass is 79.9. The average Bonchev–Trinajstić information content (AvgIpc) is 2.11. The molecule has 0 spiro atoms. The quantitative estimate of drug-likeness (QED) is 0.840. The number of hydrogen-bond acceptors (Lipinski definition) is 1. The second-order valence-corrected chi connectivity index (χ2v) is 4.53. The lowest BCUT2D eigenvalue weighted by molar-refractivity contribution is 0.576. The second kappa shape index (κ2) is 5.10. The molecule has 0 aliphatic rings. The largest absolute Gasteiger partial charge is 0.330 e. The van der Waals surface area contributed by atoms with Crippen LogP contribution in [0.15, 0.2) is 16.6 Å². The minimum atomic E-state index is -0.265. The van der Waals surface area contributed by atoms with E-state index in [9.17, 15) is 4.39 Å². The van der Waals surface area contributed by atoms with Crippen LogP contribution in [0.25, 0.3) is 0 Å². The summed E-state index contributed by atoms with van der Waals surface area (Å²) in [4.78, 5) is 0. The number of nitrogens with two attached hydrogens (primary N) is 1. The van der Waals surface area contributed by atoms with Gasteiger partial charge in [-0.05, 0) is 52.5 Å². The topological polar surface area (TPSA) is 26.0 Å². The summed E-state index contributed by atoms with van der Waals surface area (Å²) in [6, 6.07) is 3.05. The Bertz CT molecular complexity index is 330. The van der Waals surface area contributed by atoms with Gasteiger partial charge in [-0.15, -0.1) is 0 Å². The Balaban J connectivity index is 3.02. The monoisotopic (exact) mass is 279 g/mol. The minimum absolute atomic E-state index is 0.119. The molecule has 0 saturated heterocycles. The fraction of sp³-hybridized carbons (Fsp3) is 0.400. The minimum Gasteiger partial charge on any atom is -0.330 e. The third-order valence-electron chi connectivity index (χ3n) is 2.17. The summed E-state index contributed by atoms with van der Waals surface area (Å²) in [6.07, 6.45) is 0.769. The predicted molar refractivity (Wildman–Crippen MR) is 61.2 cm³/mol. The van der Waals surface area contributed by atoms with E-state index >= 15 is 0 Å². The van der Waals surface area contributed by atoms with Gasteiger partial charge in [0.25, 0.3) is 0 Å². The van der Waals surface area contributed by atoms with E-state index in [0.29, 0.717) is 17.1 Å². The second-order valence-electron chi connectivity index (χ2n) is 3.27. The highest BCUT2D eigenvalue weighted by Gasteiger charge is 2.12. The summed E-state index contributed by atoms with van der Waals surface area (Å²) in [5, 5.41) is 0.395. The lowest BCUT2D eigenvalue weighted by atomic mass is 9.97. The van der Waals surface area contributed by atoms with Crippen molar-refractivity contribution < 1.29 is 4.39 Å². The smallest absolute Gasteiger partial charge is 0.128 e. The van der Waals surface area contributed by atoms with Gasteiger partial charge < -0.3 is 5.73 Å². The van der Waals surface area contributed by atoms with Crippen molar-refractivity contribution in [2.75, 3.05) is 6.54 Å². The van der Waals surface area contributed by atoms with Crippen LogP contribution in [0.3, 0.4) is 0 Å². The van der Waals surface area contributed by atoms with Gasteiger partial charge in [-0.1, -0.05) is 18.5 Å². The summed E-state index contributed by atoms with van der Waals surface area (Å²) >= 11 is 9.03. The third kappa shape index (κ3) is 2.69. The van der Waals surface area contributed by atoms with Crippen molar-refractivity contribution in [1.29, 1.82) is 0 Å². The molecule has 0 aliphatic carbocycles. The highest BCUT2D eigenvalue weighted by Crippen LogP contribution is 2.30. The van der Waals surface area contributed by atoms with E-state index in [4.69, 9.17) is 17.3 Å². The van der Waals surface area contributed by atoms with Gasteiger partial charge in [0.15, 0.2) is 0 Å². The van der Waals surface area contributed by atoms with E-state index in [1.807, 2.05) is 6.92 Å². The molecule has 1 nitrogen and oxygen atoms in total. The number of benzene rings is 1. The van der Waals surface area contributed by atoms with E-state index in [1.165, 1.54) is 6.07 Å².